The average molecular weight is 310 g/mol. The molecule has 1 aromatic carbocycles. The van der Waals surface area contributed by atoms with E-state index in [1.165, 1.54) is 6.07 Å². The minimum Gasteiger partial charge on any atom is -0.354 e. The van der Waals surface area contributed by atoms with E-state index in [1.807, 2.05) is 12.1 Å². The number of halogens is 2. The molecule has 4 nitrogen and oxygen atoms in total. The predicted molar refractivity (Wildman–Crippen MR) is 80.7 cm³/mol. The lowest BCUT2D eigenvalue weighted by Gasteiger charge is -2.24. The number of aromatic amines is 1. The summed E-state index contributed by atoms with van der Waals surface area (Å²) < 4.78 is 27.6. The number of pyridine rings is 1. The Bertz CT molecular complexity index is 938. The summed E-state index contributed by atoms with van der Waals surface area (Å²) >= 11 is 0. The summed E-state index contributed by atoms with van der Waals surface area (Å²) in [6.45, 7) is 0.697. The fourth-order valence-electron chi connectivity index (χ4n) is 3.18. The summed E-state index contributed by atoms with van der Waals surface area (Å²) in [4.78, 5) is 7.17. The third-order valence-electron chi connectivity index (χ3n) is 4.21. The van der Waals surface area contributed by atoms with Gasteiger partial charge >= 0.3 is 0 Å². The lowest BCUT2D eigenvalue weighted by molar-refractivity contribution is 0.558. The molecule has 2 aromatic heterocycles. The quantitative estimate of drug-likeness (QED) is 0.726. The molecular weight excluding hydrogens is 298 g/mol. The first kappa shape index (κ1) is 13.9. The molecule has 6 heteroatoms. The number of benzene rings is 1. The molecule has 0 saturated carbocycles. The zero-order valence-electron chi connectivity index (χ0n) is 12.0. The number of hydrogen-bond donors (Lipinski definition) is 2. The fraction of sp³-hybridized carbons (Fsp3) is 0.176. The summed E-state index contributed by atoms with van der Waals surface area (Å²) in [6, 6.07) is 7.51. The van der Waals surface area contributed by atoms with Gasteiger partial charge in [0.2, 0.25) is 0 Å². The molecule has 1 unspecified atom stereocenters. The topological polar surface area (TPSA) is 64.5 Å². The first-order valence-electron chi connectivity index (χ1n) is 7.26. The molecule has 2 N–H and O–H groups in total. The molecule has 0 fully saturated rings. The van der Waals surface area contributed by atoms with Crippen LogP contribution >= 0.6 is 0 Å². The zero-order chi connectivity index (χ0) is 16.0. The van der Waals surface area contributed by atoms with Crippen LogP contribution in [0.2, 0.25) is 0 Å². The fourth-order valence-corrected chi connectivity index (χ4v) is 3.18. The second-order valence-electron chi connectivity index (χ2n) is 5.55. The summed E-state index contributed by atoms with van der Waals surface area (Å²) in [5.41, 5.74) is 3.28. The molecule has 0 bridgehead atoms. The van der Waals surface area contributed by atoms with Crippen molar-refractivity contribution < 1.29 is 8.78 Å². The lowest BCUT2D eigenvalue weighted by atomic mass is 9.95. The number of rotatable bonds is 1. The highest BCUT2D eigenvalue weighted by molar-refractivity contribution is 5.86. The van der Waals surface area contributed by atoms with E-state index in [9.17, 15) is 8.78 Å². The Morgan fingerprint density at radius 3 is 2.87 bits per heavy atom. The molecule has 0 saturated heterocycles. The Morgan fingerprint density at radius 2 is 2.13 bits per heavy atom. The number of nitrogens with one attached hydrogen (secondary N) is 2. The van der Waals surface area contributed by atoms with Gasteiger partial charge < -0.3 is 10.3 Å². The molecule has 23 heavy (non-hydrogen) atoms. The number of nitrogens with zero attached hydrogens (tertiary/aromatic N) is 2. The summed E-state index contributed by atoms with van der Waals surface area (Å²) in [7, 11) is 0. The van der Waals surface area contributed by atoms with E-state index in [4.69, 9.17) is 5.26 Å². The number of H-pyrrole nitrogens is 1. The maximum atomic E-state index is 14.0. The van der Waals surface area contributed by atoms with Gasteiger partial charge in [-0.2, -0.15) is 5.26 Å². The molecule has 0 radical (unpaired) electrons. The van der Waals surface area contributed by atoms with Crippen molar-refractivity contribution in [1.82, 2.24) is 15.3 Å². The Kier molecular flexibility index (Phi) is 3.10. The number of fused-ring (bicyclic) bond motifs is 3. The second kappa shape index (κ2) is 5.14. The van der Waals surface area contributed by atoms with Crippen LogP contribution in [-0.2, 0) is 6.42 Å². The molecule has 1 aliphatic rings. The molecule has 0 spiro atoms. The lowest BCUT2D eigenvalue weighted by Crippen LogP contribution is -2.30. The highest BCUT2D eigenvalue weighted by atomic mass is 19.1. The summed E-state index contributed by atoms with van der Waals surface area (Å²) in [5.74, 6) is -1.17. The van der Waals surface area contributed by atoms with Gasteiger partial charge in [0.25, 0.3) is 0 Å². The van der Waals surface area contributed by atoms with E-state index in [-0.39, 0.29) is 6.04 Å². The van der Waals surface area contributed by atoms with Crippen LogP contribution in [0.25, 0.3) is 10.9 Å². The number of aromatic nitrogens is 2. The minimum atomic E-state index is -0.592. The molecule has 0 amide bonds. The third-order valence-corrected chi connectivity index (χ3v) is 4.21. The molecular formula is C17H12F2N4. The van der Waals surface area contributed by atoms with Crippen LogP contribution in [0, 0.1) is 23.0 Å². The Morgan fingerprint density at radius 1 is 1.26 bits per heavy atom. The van der Waals surface area contributed by atoms with Crippen molar-refractivity contribution in [2.45, 2.75) is 12.5 Å². The Hall–Kier alpha value is -2.78. The van der Waals surface area contributed by atoms with Crippen LogP contribution in [0.4, 0.5) is 8.78 Å². The normalized spacial score (nSPS) is 17.0. The van der Waals surface area contributed by atoms with Crippen molar-refractivity contribution in [1.29, 1.82) is 5.26 Å². The van der Waals surface area contributed by atoms with Crippen molar-refractivity contribution in [3.63, 3.8) is 0 Å². The third kappa shape index (κ3) is 2.17. The van der Waals surface area contributed by atoms with Gasteiger partial charge in [-0.3, -0.25) is 0 Å². The highest BCUT2D eigenvalue weighted by Crippen LogP contribution is 2.34. The van der Waals surface area contributed by atoms with Crippen LogP contribution in [-0.4, -0.2) is 16.5 Å². The van der Waals surface area contributed by atoms with E-state index in [0.717, 1.165) is 22.9 Å². The summed E-state index contributed by atoms with van der Waals surface area (Å²) in [5, 5.41) is 12.8. The van der Waals surface area contributed by atoms with Gasteiger partial charge in [0.1, 0.15) is 23.4 Å². The molecule has 114 valence electrons. The molecule has 0 aliphatic carbocycles. The maximum absolute atomic E-state index is 14.0. The largest absolute Gasteiger partial charge is 0.354 e. The van der Waals surface area contributed by atoms with Crippen LogP contribution < -0.4 is 5.32 Å². The molecule has 3 aromatic rings. The van der Waals surface area contributed by atoms with Crippen LogP contribution in [0.1, 0.15) is 28.6 Å². The van der Waals surface area contributed by atoms with Crippen LogP contribution in [0.3, 0.4) is 0 Å². The van der Waals surface area contributed by atoms with E-state index < -0.39 is 11.6 Å². The van der Waals surface area contributed by atoms with Gasteiger partial charge in [-0.1, -0.05) is 6.07 Å². The monoisotopic (exact) mass is 310 g/mol. The van der Waals surface area contributed by atoms with E-state index in [1.54, 1.807) is 12.3 Å². The first-order valence-corrected chi connectivity index (χ1v) is 7.26. The van der Waals surface area contributed by atoms with Crippen LogP contribution in [0.5, 0.6) is 0 Å². The predicted octanol–water partition coefficient (Wildman–Crippen LogP) is 2.95. The standard InChI is InChI=1S/C17H12F2N4/c18-10-5-13-12-3-4-21-15(9-1-2-11(7-20)22-8-9)17(12)23-16(13)14(19)6-10/h1-2,5-6,8,15,21,23H,3-4H2. The van der Waals surface area contributed by atoms with Gasteiger partial charge in [0.05, 0.1) is 11.6 Å². The van der Waals surface area contributed by atoms with E-state index in [2.05, 4.69) is 15.3 Å². The van der Waals surface area contributed by atoms with Crippen molar-refractivity contribution in [2.75, 3.05) is 6.54 Å². The Balaban J connectivity index is 1.88. The van der Waals surface area contributed by atoms with Crippen molar-refractivity contribution in [3.05, 3.63) is 64.6 Å². The smallest absolute Gasteiger partial charge is 0.150 e. The molecule has 1 atom stereocenters. The maximum Gasteiger partial charge on any atom is 0.150 e. The number of hydrogen-bond acceptors (Lipinski definition) is 3. The molecule has 4 rings (SSSR count). The van der Waals surface area contributed by atoms with Gasteiger partial charge in [-0.05, 0) is 29.7 Å². The van der Waals surface area contributed by atoms with E-state index in [0.29, 0.717) is 29.6 Å². The number of nitriles is 1. The van der Waals surface area contributed by atoms with Crippen molar-refractivity contribution in [2.24, 2.45) is 0 Å². The second-order valence-corrected chi connectivity index (χ2v) is 5.55. The van der Waals surface area contributed by atoms with E-state index >= 15 is 0 Å². The average Bonchev–Trinajstić information content (AvgIpc) is 2.94. The Labute approximate surface area is 130 Å². The highest BCUT2D eigenvalue weighted by Gasteiger charge is 2.26. The minimum absolute atomic E-state index is 0.186. The van der Waals surface area contributed by atoms with Crippen molar-refractivity contribution in [3.8, 4) is 6.07 Å². The van der Waals surface area contributed by atoms with Gasteiger partial charge in [-0.25, -0.2) is 13.8 Å². The van der Waals surface area contributed by atoms with Gasteiger partial charge in [0.15, 0.2) is 0 Å². The van der Waals surface area contributed by atoms with Gasteiger partial charge in [0, 0.05) is 29.9 Å². The molecule has 3 heterocycles. The van der Waals surface area contributed by atoms with Gasteiger partial charge in [-0.15, -0.1) is 0 Å². The zero-order valence-corrected chi connectivity index (χ0v) is 12.0. The summed E-state index contributed by atoms with van der Waals surface area (Å²) in [6.07, 6.45) is 2.33. The first-order chi connectivity index (χ1) is 11.2. The SMILES string of the molecule is N#Cc1ccc(C2NCCc3c2[nH]c2c(F)cc(F)cc32)cn1. The molecule has 1 aliphatic heterocycles. The van der Waals surface area contributed by atoms with Crippen molar-refractivity contribution >= 4 is 10.9 Å². The van der Waals surface area contributed by atoms with Crippen LogP contribution in [0.15, 0.2) is 30.5 Å².